The minimum Gasteiger partial charge on any atom is -0.360 e. The second-order valence-corrected chi connectivity index (χ2v) is 13.5. The molecule has 6 heteroatoms. The van der Waals surface area contributed by atoms with Crippen molar-refractivity contribution in [3.05, 3.63) is 26.8 Å². The van der Waals surface area contributed by atoms with Gasteiger partial charge in [0.25, 0.3) is 0 Å². The van der Waals surface area contributed by atoms with Gasteiger partial charge in [-0.3, -0.25) is 0 Å². The molecular weight excluding hydrogens is 400 g/mol. The van der Waals surface area contributed by atoms with Crippen molar-refractivity contribution in [1.29, 1.82) is 0 Å². The van der Waals surface area contributed by atoms with E-state index < -0.39 is 8.07 Å². The van der Waals surface area contributed by atoms with Crippen molar-refractivity contribution in [3.63, 3.8) is 0 Å². The van der Waals surface area contributed by atoms with Crippen LogP contribution in [0, 0.1) is 6.92 Å². The number of ether oxygens (including phenoxy) is 1. The van der Waals surface area contributed by atoms with Gasteiger partial charge in [-0.2, -0.15) is 5.10 Å². The summed E-state index contributed by atoms with van der Waals surface area (Å²) in [7, 11) is -1.03. The van der Waals surface area contributed by atoms with Crippen molar-refractivity contribution < 1.29 is 4.74 Å². The van der Waals surface area contributed by atoms with Crippen LogP contribution in [0.15, 0.2) is 21.1 Å². The zero-order chi connectivity index (χ0) is 14.9. The van der Waals surface area contributed by atoms with Crippen molar-refractivity contribution in [2.24, 2.45) is 0 Å². The molecule has 20 heavy (non-hydrogen) atoms. The summed E-state index contributed by atoms with van der Waals surface area (Å²) in [6.07, 6.45) is 0. The highest BCUT2D eigenvalue weighted by Gasteiger charge is 2.13. The molecule has 0 radical (unpaired) electrons. The first-order valence-corrected chi connectivity index (χ1v) is 12.0. The lowest BCUT2D eigenvalue weighted by molar-refractivity contribution is 0.0815. The second kappa shape index (κ2) is 6.30. The third kappa shape index (κ3) is 3.93. The van der Waals surface area contributed by atoms with Crippen LogP contribution in [0.4, 0.5) is 0 Å². The van der Waals surface area contributed by atoms with Crippen LogP contribution in [-0.4, -0.2) is 24.5 Å². The monoisotopic (exact) mass is 418 g/mol. The molecule has 0 aliphatic carbocycles. The summed E-state index contributed by atoms with van der Waals surface area (Å²) >= 11 is 7.08. The number of fused-ring (bicyclic) bond motifs is 1. The third-order valence-electron chi connectivity index (χ3n) is 3.19. The van der Waals surface area contributed by atoms with Gasteiger partial charge in [0.1, 0.15) is 6.73 Å². The first-order valence-electron chi connectivity index (χ1n) is 6.68. The van der Waals surface area contributed by atoms with E-state index in [9.17, 15) is 0 Å². The van der Waals surface area contributed by atoms with Gasteiger partial charge in [0, 0.05) is 29.0 Å². The van der Waals surface area contributed by atoms with Crippen LogP contribution in [0.2, 0.25) is 25.7 Å². The summed E-state index contributed by atoms with van der Waals surface area (Å²) in [4.78, 5) is 0. The fraction of sp³-hybridized carbons (Fsp3) is 0.500. The Morgan fingerprint density at radius 2 is 1.85 bits per heavy atom. The fourth-order valence-electron chi connectivity index (χ4n) is 1.96. The van der Waals surface area contributed by atoms with Gasteiger partial charge in [0.2, 0.25) is 0 Å². The minimum atomic E-state index is -1.03. The van der Waals surface area contributed by atoms with Crippen molar-refractivity contribution in [2.75, 3.05) is 6.61 Å². The average molecular weight is 420 g/mol. The SMILES string of the molecule is Cc1nn(COCC[Si](C)(C)C)c2cc(Br)c(Br)cc12. The fourth-order valence-corrected chi connectivity index (χ4v) is 3.39. The molecule has 0 spiro atoms. The average Bonchev–Trinajstić information content (AvgIpc) is 2.62. The molecule has 0 atom stereocenters. The number of aryl methyl sites for hydroxylation is 1. The van der Waals surface area contributed by atoms with Gasteiger partial charge in [0.15, 0.2) is 0 Å². The molecule has 0 amide bonds. The Kier molecular flexibility index (Phi) is 5.10. The summed E-state index contributed by atoms with van der Waals surface area (Å²) in [5.74, 6) is 0. The molecule has 0 saturated heterocycles. The molecule has 110 valence electrons. The van der Waals surface area contributed by atoms with Crippen molar-refractivity contribution in [1.82, 2.24) is 9.78 Å². The van der Waals surface area contributed by atoms with Gasteiger partial charge in [-0.25, -0.2) is 4.68 Å². The smallest absolute Gasteiger partial charge is 0.140 e. The lowest BCUT2D eigenvalue weighted by Crippen LogP contribution is -2.22. The summed E-state index contributed by atoms with van der Waals surface area (Å²) in [6, 6.07) is 5.36. The Morgan fingerprint density at radius 3 is 2.50 bits per heavy atom. The molecule has 1 aromatic carbocycles. The van der Waals surface area contributed by atoms with Crippen LogP contribution >= 0.6 is 31.9 Å². The summed E-state index contributed by atoms with van der Waals surface area (Å²) in [5, 5.41) is 5.73. The molecular formula is C14H20Br2N2OSi. The maximum atomic E-state index is 5.80. The number of hydrogen-bond acceptors (Lipinski definition) is 2. The van der Waals surface area contributed by atoms with Gasteiger partial charge in [-0.1, -0.05) is 19.6 Å². The van der Waals surface area contributed by atoms with E-state index in [2.05, 4.69) is 68.7 Å². The van der Waals surface area contributed by atoms with Gasteiger partial charge >= 0.3 is 0 Å². The lowest BCUT2D eigenvalue weighted by Gasteiger charge is -2.15. The van der Waals surface area contributed by atoms with Crippen LogP contribution in [0.25, 0.3) is 10.9 Å². The first-order chi connectivity index (χ1) is 9.28. The van der Waals surface area contributed by atoms with E-state index in [0.29, 0.717) is 6.73 Å². The van der Waals surface area contributed by atoms with Gasteiger partial charge in [-0.05, 0) is 57.0 Å². The normalized spacial score (nSPS) is 12.3. The molecule has 2 aromatic rings. The van der Waals surface area contributed by atoms with E-state index in [4.69, 9.17) is 4.74 Å². The van der Waals surface area contributed by atoms with E-state index in [-0.39, 0.29) is 0 Å². The molecule has 0 aliphatic rings. The van der Waals surface area contributed by atoms with E-state index >= 15 is 0 Å². The second-order valence-electron chi connectivity index (χ2n) is 6.22. The number of halogens is 2. The Hall–Kier alpha value is -0.173. The van der Waals surface area contributed by atoms with Crippen LogP contribution in [0.3, 0.4) is 0 Å². The van der Waals surface area contributed by atoms with Crippen molar-refractivity contribution >= 4 is 50.8 Å². The molecule has 0 unspecified atom stereocenters. The predicted molar refractivity (Wildman–Crippen MR) is 94.0 cm³/mol. The summed E-state index contributed by atoms with van der Waals surface area (Å²) in [5.41, 5.74) is 2.13. The van der Waals surface area contributed by atoms with E-state index in [1.165, 1.54) is 6.04 Å². The Labute approximate surface area is 138 Å². The highest BCUT2D eigenvalue weighted by atomic mass is 79.9. The number of rotatable bonds is 5. The highest BCUT2D eigenvalue weighted by Crippen LogP contribution is 2.30. The summed E-state index contributed by atoms with van der Waals surface area (Å²) < 4.78 is 9.82. The Balaban J connectivity index is 2.13. The van der Waals surface area contributed by atoms with Crippen LogP contribution in [0.5, 0.6) is 0 Å². The van der Waals surface area contributed by atoms with E-state index in [0.717, 1.165) is 32.1 Å². The standard InChI is InChI=1S/C14H20Br2N2OSi/c1-10-11-7-12(15)13(16)8-14(11)18(17-10)9-19-5-6-20(2,3)4/h7-8H,5-6,9H2,1-4H3. The van der Waals surface area contributed by atoms with Crippen LogP contribution in [0.1, 0.15) is 5.69 Å². The van der Waals surface area contributed by atoms with Crippen molar-refractivity contribution in [3.8, 4) is 0 Å². The molecule has 1 aromatic heterocycles. The number of nitrogens with zero attached hydrogens (tertiary/aromatic N) is 2. The van der Waals surface area contributed by atoms with E-state index in [1.54, 1.807) is 0 Å². The van der Waals surface area contributed by atoms with Gasteiger partial charge in [0.05, 0.1) is 11.2 Å². The lowest BCUT2D eigenvalue weighted by atomic mass is 10.2. The zero-order valence-electron chi connectivity index (χ0n) is 12.3. The Bertz CT molecular complexity index is 620. The van der Waals surface area contributed by atoms with E-state index in [1.807, 2.05) is 11.6 Å². The predicted octanol–water partition coefficient (Wildman–Crippen LogP) is 5.18. The zero-order valence-corrected chi connectivity index (χ0v) is 16.5. The number of aromatic nitrogens is 2. The minimum absolute atomic E-state index is 0.517. The summed E-state index contributed by atoms with van der Waals surface area (Å²) in [6.45, 7) is 10.4. The van der Waals surface area contributed by atoms with Crippen molar-refractivity contribution in [2.45, 2.75) is 39.3 Å². The highest BCUT2D eigenvalue weighted by molar-refractivity contribution is 9.13. The number of hydrogen-bond donors (Lipinski definition) is 0. The van der Waals surface area contributed by atoms with Gasteiger partial charge < -0.3 is 4.74 Å². The molecule has 2 rings (SSSR count). The largest absolute Gasteiger partial charge is 0.360 e. The molecule has 0 fully saturated rings. The first kappa shape index (κ1) is 16.2. The quantitative estimate of drug-likeness (QED) is 0.492. The molecule has 3 nitrogen and oxygen atoms in total. The topological polar surface area (TPSA) is 27.1 Å². The van der Waals surface area contributed by atoms with Crippen LogP contribution < -0.4 is 0 Å². The molecule has 0 saturated carbocycles. The molecule has 0 bridgehead atoms. The van der Waals surface area contributed by atoms with Gasteiger partial charge in [-0.15, -0.1) is 0 Å². The molecule has 1 heterocycles. The van der Waals surface area contributed by atoms with Crippen LogP contribution in [-0.2, 0) is 11.5 Å². The number of benzene rings is 1. The molecule has 0 aliphatic heterocycles. The maximum absolute atomic E-state index is 5.80. The maximum Gasteiger partial charge on any atom is 0.140 e. The Morgan fingerprint density at radius 1 is 1.20 bits per heavy atom. The third-order valence-corrected chi connectivity index (χ3v) is 6.74. The molecule has 0 N–H and O–H groups in total.